The van der Waals surface area contributed by atoms with Crippen molar-refractivity contribution in [3.05, 3.63) is 58.3 Å². The van der Waals surface area contributed by atoms with E-state index < -0.39 is 0 Å². The molecule has 0 aliphatic heterocycles. The van der Waals surface area contributed by atoms with Crippen LogP contribution in [-0.4, -0.2) is 9.97 Å². The summed E-state index contributed by atoms with van der Waals surface area (Å²) < 4.78 is 0. The highest BCUT2D eigenvalue weighted by molar-refractivity contribution is 7.09. The zero-order chi connectivity index (χ0) is 12.5. The molecule has 90 valence electrons. The third-order valence-electron chi connectivity index (χ3n) is 3.00. The van der Waals surface area contributed by atoms with Gasteiger partial charge in [-0.3, -0.25) is 4.98 Å². The molecule has 0 saturated carbocycles. The minimum Gasteiger partial charge on any atom is -0.319 e. The third-order valence-corrected chi connectivity index (χ3v) is 3.80. The molecule has 1 aromatic carbocycles. The van der Waals surface area contributed by atoms with Gasteiger partial charge in [-0.2, -0.15) is 0 Å². The molecule has 0 amide bonds. The molecule has 0 bridgehead atoms. The Bertz CT molecular complexity index is 685. The average Bonchev–Trinajstić information content (AvgIpc) is 2.84. The van der Waals surface area contributed by atoms with Gasteiger partial charge in [-0.25, -0.2) is 4.98 Å². The molecule has 18 heavy (non-hydrogen) atoms. The number of rotatable bonds is 2. The zero-order valence-corrected chi connectivity index (χ0v) is 10.8. The maximum Gasteiger partial charge on any atom is 0.0898 e. The molecule has 2 aromatic heterocycles. The molecule has 2 heterocycles. The predicted octanol–water partition coefficient (Wildman–Crippen LogP) is 3.05. The van der Waals surface area contributed by atoms with Gasteiger partial charge in [-0.1, -0.05) is 18.2 Å². The summed E-state index contributed by atoms with van der Waals surface area (Å²) in [6, 6.07) is 7.94. The Balaban J connectivity index is 2.14. The largest absolute Gasteiger partial charge is 0.319 e. The summed E-state index contributed by atoms with van der Waals surface area (Å²) in [5, 5.41) is 5.32. The van der Waals surface area contributed by atoms with Crippen LogP contribution in [0, 0.1) is 6.92 Å². The summed E-state index contributed by atoms with van der Waals surface area (Å²) in [6.45, 7) is 1.99. The van der Waals surface area contributed by atoms with Gasteiger partial charge >= 0.3 is 0 Å². The second kappa shape index (κ2) is 4.48. The van der Waals surface area contributed by atoms with Gasteiger partial charge in [0.15, 0.2) is 0 Å². The van der Waals surface area contributed by atoms with Gasteiger partial charge in [0.05, 0.1) is 16.7 Å². The lowest BCUT2D eigenvalue weighted by atomic mass is 9.99. The van der Waals surface area contributed by atoms with Crippen molar-refractivity contribution >= 4 is 22.1 Å². The number of hydrogen-bond acceptors (Lipinski definition) is 4. The number of benzene rings is 1. The van der Waals surface area contributed by atoms with Crippen LogP contribution in [0.25, 0.3) is 10.8 Å². The van der Waals surface area contributed by atoms with Crippen molar-refractivity contribution in [2.24, 2.45) is 5.73 Å². The molecule has 3 nitrogen and oxygen atoms in total. The highest BCUT2D eigenvalue weighted by atomic mass is 32.1. The number of nitrogens with zero attached hydrogens (tertiary/aromatic N) is 2. The smallest absolute Gasteiger partial charge is 0.0898 e. The van der Waals surface area contributed by atoms with E-state index in [1.165, 1.54) is 0 Å². The molecule has 1 unspecified atom stereocenters. The lowest BCUT2D eigenvalue weighted by Gasteiger charge is -2.12. The number of hydrogen-bond donors (Lipinski definition) is 1. The molecule has 0 aliphatic carbocycles. The van der Waals surface area contributed by atoms with Crippen molar-refractivity contribution in [2.45, 2.75) is 13.0 Å². The van der Waals surface area contributed by atoms with Crippen LogP contribution in [0.3, 0.4) is 0 Å². The Morgan fingerprint density at radius 3 is 2.94 bits per heavy atom. The molecule has 0 spiro atoms. The van der Waals surface area contributed by atoms with E-state index in [0.717, 1.165) is 27.0 Å². The van der Waals surface area contributed by atoms with E-state index in [1.807, 2.05) is 36.7 Å². The van der Waals surface area contributed by atoms with Crippen LogP contribution < -0.4 is 5.73 Å². The predicted molar refractivity (Wildman–Crippen MR) is 74.6 cm³/mol. The fourth-order valence-electron chi connectivity index (χ4n) is 2.10. The third kappa shape index (κ3) is 1.89. The Kier molecular flexibility index (Phi) is 2.81. The van der Waals surface area contributed by atoms with Crippen LogP contribution in [0.15, 0.2) is 42.0 Å². The lowest BCUT2D eigenvalue weighted by Crippen LogP contribution is -2.12. The first kappa shape index (κ1) is 11.3. The normalized spacial score (nSPS) is 12.8. The molecular weight excluding hydrogens is 242 g/mol. The second-order valence-corrected chi connectivity index (χ2v) is 5.28. The molecule has 0 aliphatic rings. The molecule has 0 fully saturated rings. The van der Waals surface area contributed by atoms with Crippen molar-refractivity contribution in [2.75, 3.05) is 0 Å². The molecule has 0 radical (unpaired) electrons. The standard InChI is InChI=1S/C14H13N3S/c1-9-17-13(8-18-9)14(15)12-4-2-3-10-7-16-6-5-11(10)12/h2-8,14H,15H2,1H3. The van der Waals surface area contributed by atoms with Crippen molar-refractivity contribution in [3.8, 4) is 0 Å². The summed E-state index contributed by atoms with van der Waals surface area (Å²) >= 11 is 1.63. The van der Waals surface area contributed by atoms with Gasteiger partial charge in [-0.15, -0.1) is 11.3 Å². The summed E-state index contributed by atoms with van der Waals surface area (Å²) in [5.74, 6) is 0. The van der Waals surface area contributed by atoms with Crippen LogP contribution in [-0.2, 0) is 0 Å². The Labute approximate surface area is 109 Å². The van der Waals surface area contributed by atoms with E-state index >= 15 is 0 Å². The maximum absolute atomic E-state index is 6.32. The van der Waals surface area contributed by atoms with Crippen molar-refractivity contribution in [3.63, 3.8) is 0 Å². The first-order valence-corrected chi connectivity index (χ1v) is 6.64. The van der Waals surface area contributed by atoms with Crippen molar-refractivity contribution in [1.82, 2.24) is 9.97 Å². The number of pyridine rings is 1. The summed E-state index contributed by atoms with van der Waals surface area (Å²) in [4.78, 5) is 8.61. The van der Waals surface area contributed by atoms with E-state index in [0.29, 0.717) is 0 Å². The first-order valence-electron chi connectivity index (χ1n) is 5.76. The average molecular weight is 255 g/mol. The molecule has 3 aromatic rings. The number of fused-ring (bicyclic) bond motifs is 1. The Morgan fingerprint density at radius 2 is 2.17 bits per heavy atom. The van der Waals surface area contributed by atoms with Gasteiger partial charge in [0.2, 0.25) is 0 Å². The summed E-state index contributed by atoms with van der Waals surface area (Å²) in [6.07, 6.45) is 3.66. The fraction of sp³-hybridized carbons (Fsp3) is 0.143. The number of thiazole rings is 1. The lowest BCUT2D eigenvalue weighted by molar-refractivity contribution is 0.842. The zero-order valence-electron chi connectivity index (χ0n) is 10.00. The maximum atomic E-state index is 6.32. The molecule has 2 N–H and O–H groups in total. The molecule has 4 heteroatoms. The summed E-state index contributed by atoms with van der Waals surface area (Å²) in [5.41, 5.74) is 8.35. The summed E-state index contributed by atoms with van der Waals surface area (Å²) in [7, 11) is 0. The van der Waals surface area contributed by atoms with Gasteiger partial charge in [0.25, 0.3) is 0 Å². The van der Waals surface area contributed by atoms with E-state index in [-0.39, 0.29) is 6.04 Å². The highest BCUT2D eigenvalue weighted by Crippen LogP contribution is 2.27. The van der Waals surface area contributed by atoms with Crippen LogP contribution >= 0.6 is 11.3 Å². The van der Waals surface area contributed by atoms with Gasteiger partial charge in [0.1, 0.15) is 0 Å². The Morgan fingerprint density at radius 1 is 1.28 bits per heavy atom. The van der Waals surface area contributed by atoms with Gasteiger partial charge < -0.3 is 5.73 Å². The number of aromatic nitrogens is 2. The van der Waals surface area contributed by atoms with Crippen molar-refractivity contribution < 1.29 is 0 Å². The van der Waals surface area contributed by atoms with E-state index in [2.05, 4.69) is 16.0 Å². The van der Waals surface area contributed by atoms with Crippen molar-refractivity contribution in [1.29, 1.82) is 0 Å². The topological polar surface area (TPSA) is 51.8 Å². The molecular formula is C14H13N3S. The monoisotopic (exact) mass is 255 g/mol. The van der Waals surface area contributed by atoms with Gasteiger partial charge in [-0.05, 0) is 23.9 Å². The van der Waals surface area contributed by atoms with Gasteiger partial charge in [0, 0.05) is 23.2 Å². The molecule has 1 atom stereocenters. The first-order chi connectivity index (χ1) is 8.75. The SMILES string of the molecule is Cc1nc(C(N)c2cccc3cnccc23)cs1. The van der Waals surface area contributed by atoms with Crippen LogP contribution in [0.4, 0.5) is 0 Å². The van der Waals surface area contributed by atoms with Crippen LogP contribution in [0.2, 0.25) is 0 Å². The number of aryl methyl sites for hydroxylation is 1. The van der Waals surface area contributed by atoms with Crippen LogP contribution in [0.1, 0.15) is 22.3 Å². The van der Waals surface area contributed by atoms with E-state index in [1.54, 1.807) is 17.5 Å². The Hall–Kier alpha value is -1.78. The second-order valence-electron chi connectivity index (χ2n) is 4.21. The molecule has 0 saturated heterocycles. The molecule has 3 rings (SSSR count). The van der Waals surface area contributed by atoms with Crippen LogP contribution in [0.5, 0.6) is 0 Å². The minimum absolute atomic E-state index is 0.180. The van der Waals surface area contributed by atoms with E-state index in [4.69, 9.17) is 5.73 Å². The fourth-order valence-corrected chi connectivity index (χ4v) is 2.75. The highest BCUT2D eigenvalue weighted by Gasteiger charge is 2.14. The minimum atomic E-state index is -0.180. The van der Waals surface area contributed by atoms with E-state index in [9.17, 15) is 0 Å². The quantitative estimate of drug-likeness (QED) is 0.765. The number of nitrogens with two attached hydrogens (primary N) is 1.